The molecule has 0 aromatic carbocycles. The molecule has 1 N–H and O–H groups in total. The minimum Gasteiger partial charge on any atom is -0.313 e. The fourth-order valence-electron chi connectivity index (χ4n) is 2.72. The number of nitrogens with zero attached hydrogens (tertiary/aromatic N) is 1. The third-order valence-corrected chi connectivity index (χ3v) is 3.96. The summed E-state index contributed by atoms with van der Waals surface area (Å²) in [6, 6.07) is 0. The Labute approximate surface area is 127 Å². The van der Waals surface area contributed by atoms with Gasteiger partial charge in [0.1, 0.15) is 0 Å². The zero-order chi connectivity index (χ0) is 14.9. The van der Waals surface area contributed by atoms with Crippen LogP contribution >= 0.6 is 0 Å². The molecule has 0 saturated heterocycles. The van der Waals surface area contributed by atoms with Crippen LogP contribution in [-0.2, 0) is 0 Å². The molecular weight excluding hydrogens is 244 g/mol. The standard InChI is InChI=1S/C18H38N2/c1-3-5-6-7-8-9-10-11-12-13-17-20(16-4-2)18-14-15-19/h15,19H,3-14,16-18H2,1-2H3. The van der Waals surface area contributed by atoms with Gasteiger partial charge >= 0.3 is 0 Å². The van der Waals surface area contributed by atoms with Crippen LogP contribution in [0.25, 0.3) is 0 Å². The highest BCUT2D eigenvalue weighted by Gasteiger charge is 2.02. The molecule has 0 unspecified atom stereocenters. The molecule has 0 fully saturated rings. The Morgan fingerprint density at radius 2 is 1.20 bits per heavy atom. The summed E-state index contributed by atoms with van der Waals surface area (Å²) >= 11 is 0. The van der Waals surface area contributed by atoms with Crippen molar-refractivity contribution in [1.82, 2.24) is 4.90 Å². The second-order valence-electron chi connectivity index (χ2n) is 6.02. The van der Waals surface area contributed by atoms with Crippen LogP contribution in [0.1, 0.15) is 90.9 Å². The molecule has 0 aliphatic heterocycles. The molecule has 0 amide bonds. The molecule has 0 aromatic rings. The molecule has 0 atom stereocenters. The van der Waals surface area contributed by atoms with Gasteiger partial charge in [-0.1, -0.05) is 71.6 Å². The van der Waals surface area contributed by atoms with Crippen molar-refractivity contribution in [2.24, 2.45) is 0 Å². The highest BCUT2D eigenvalue weighted by Crippen LogP contribution is 2.10. The van der Waals surface area contributed by atoms with Gasteiger partial charge in [0.2, 0.25) is 0 Å². The van der Waals surface area contributed by atoms with Gasteiger partial charge in [-0.3, -0.25) is 0 Å². The first-order chi connectivity index (χ1) is 9.85. The first kappa shape index (κ1) is 19.6. The summed E-state index contributed by atoms with van der Waals surface area (Å²) in [5.41, 5.74) is 0. The smallest absolute Gasteiger partial charge is 0.00307 e. The minimum atomic E-state index is 0.914. The van der Waals surface area contributed by atoms with Crippen LogP contribution < -0.4 is 0 Å². The molecule has 20 heavy (non-hydrogen) atoms. The van der Waals surface area contributed by atoms with Gasteiger partial charge < -0.3 is 10.3 Å². The second kappa shape index (κ2) is 16.7. The molecule has 0 spiro atoms. The maximum atomic E-state index is 7.13. The van der Waals surface area contributed by atoms with Crippen LogP contribution in [0.2, 0.25) is 0 Å². The van der Waals surface area contributed by atoms with Crippen LogP contribution in [0.5, 0.6) is 0 Å². The molecule has 2 nitrogen and oxygen atoms in total. The van der Waals surface area contributed by atoms with E-state index in [4.69, 9.17) is 5.41 Å². The van der Waals surface area contributed by atoms with Crippen molar-refractivity contribution in [2.45, 2.75) is 90.9 Å². The third kappa shape index (κ3) is 14.0. The first-order valence-corrected chi connectivity index (χ1v) is 9.06. The molecule has 0 rings (SSSR count). The van der Waals surface area contributed by atoms with Crippen LogP contribution in [-0.4, -0.2) is 30.7 Å². The van der Waals surface area contributed by atoms with E-state index < -0.39 is 0 Å². The van der Waals surface area contributed by atoms with Crippen molar-refractivity contribution < 1.29 is 0 Å². The number of hydrogen-bond donors (Lipinski definition) is 1. The maximum Gasteiger partial charge on any atom is 0.00307 e. The van der Waals surface area contributed by atoms with Gasteiger partial charge in [-0.25, -0.2) is 0 Å². The van der Waals surface area contributed by atoms with Crippen molar-refractivity contribution >= 4 is 6.21 Å². The van der Waals surface area contributed by atoms with Crippen molar-refractivity contribution in [3.05, 3.63) is 0 Å². The normalized spacial score (nSPS) is 11.2. The van der Waals surface area contributed by atoms with Gasteiger partial charge in [0, 0.05) is 6.54 Å². The van der Waals surface area contributed by atoms with E-state index in [0.717, 1.165) is 13.0 Å². The lowest BCUT2D eigenvalue weighted by Gasteiger charge is -2.20. The van der Waals surface area contributed by atoms with Gasteiger partial charge in [0.05, 0.1) is 0 Å². The van der Waals surface area contributed by atoms with E-state index in [0.29, 0.717) is 0 Å². The van der Waals surface area contributed by atoms with Crippen LogP contribution in [0, 0.1) is 5.41 Å². The average molecular weight is 283 g/mol. The lowest BCUT2D eigenvalue weighted by Crippen LogP contribution is -2.27. The third-order valence-electron chi connectivity index (χ3n) is 3.96. The monoisotopic (exact) mass is 282 g/mol. The van der Waals surface area contributed by atoms with Crippen LogP contribution in [0.3, 0.4) is 0 Å². The quantitative estimate of drug-likeness (QED) is 0.287. The van der Waals surface area contributed by atoms with Gasteiger partial charge in [-0.05, 0) is 38.6 Å². The summed E-state index contributed by atoms with van der Waals surface area (Å²) in [4.78, 5) is 2.52. The van der Waals surface area contributed by atoms with E-state index in [1.165, 1.54) is 83.7 Å². The second-order valence-corrected chi connectivity index (χ2v) is 6.02. The highest BCUT2D eigenvalue weighted by molar-refractivity contribution is 5.52. The summed E-state index contributed by atoms with van der Waals surface area (Å²) in [6.45, 7) is 8.04. The zero-order valence-electron chi connectivity index (χ0n) is 14.1. The SMILES string of the molecule is CCCCCCCCCCCCN(CCC)CCC=N. The largest absolute Gasteiger partial charge is 0.313 e. The average Bonchev–Trinajstić information content (AvgIpc) is 2.46. The molecule has 0 aliphatic carbocycles. The van der Waals surface area contributed by atoms with Gasteiger partial charge in [0.15, 0.2) is 0 Å². The molecule has 120 valence electrons. The zero-order valence-corrected chi connectivity index (χ0v) is 14.1. The van der Waals surface area contributed by atoms with Crippen LogP contribution in [0.4, 0.5) is 0 Å². The number of hydrogen-bond acceptors (Lipinski definition) is 2. The summed E-state index contributed by atoms with van der Waals surface area (Å²) in [5.74, 6) is 0. The van der Waals surface area contributed by atoms with Gasteiger partial charge in [0.25, 0.3) is 0 Å². The number of nitrogens with one attached hydrogen (secondary N) is 1. The Kier molecular flexibility index (Phi) is 16.4. The van der Waals surface area contributed by atoms with Crippen molar-refractivity contribution in [2.75, 3.05) is 19.6 Å². The van der Waals surface area contributed by atoms with E-state index in [2.05, 4.69) is 18.7 Å². The number of rotatable bonds is 16. The predicted molar refractivity (Wildman–Crippen MR) is 92.0 cm³/mol. The van der Waals surface area contributed by atoms with E-state index in [-0.39, 0.29) is 0 Å². The molecule has 2 heteroatoms. The Balaban J connectivity index is 3.29. The molecule has 0 heterocycles. The van der Waals surface area contributed by atoms with E-state index in [1.807, 2.05) is 0 Å². The Bertz CT molecular complexity index is 192. The topological polar surface area (TPSA) is 27.1 Å². The molecular formula is C18H38N2. The lowest BCUT2D eigenvalue weighted by atomic mass is 10.1. The van der Waals surface area contributed by atoms with E-state index >= 15 is 0 Å². The predicted octanol–water partition coefficient (Wildman–Crippen LogP) is 5.66. The summed E-state index contributed by atoms with van der Waals surface area (Å²) in [7, 11) is 0. The molecule has 0 saturated carbocycles. The fourth-order valence-corrected chi connectivity index (χ4v) is 2.72. The minimum absolute atomic E-state index is 0.914. The van der Waals surface area contributed by atoms with Gasteiger partial charge in [-0.15, -0.1) is 0 Å². The Morgan fingerprint density at radius 1 is 0.650 bits per heavy atom. The summed E-state index contributed by atoms with van der Waals surface area (Å²) < 4.78 is 0. The van der Waals surface area contributed by atoms with Crippen molar-refractivity contribution in [3.63, 3.8) is 0 Å². The maximum absolute atomic E-state index is 7.13. The van der Waals surface area contributed by atoms with E-state index in [1.54, 1.807) is 6.21 Å². The van der Waals surface area contributed by atoms with Crippen molar-refractivity contribution in [3.8, 4) is 0 Å². The number of unbranched alkanes of at least 4 members (excludes halogenated alkanes) is 9. The molecule has 0 bridgehead atoms. The summed E-state index contributed by atoms with van der Waals surface area (Å²) in [6.07, 6.45) is 17.8. The van der Waals surface area contributed by atoms with Crippen LogP contribution in [0.15, 0.2) is 0 Å². The Hall–Kier alpha value is -0.370. The molecule has 0 aliphatic rings. The highest BCUT2D eigenvalue weighted by atomic mass is 15.1. The first-order valence-electron chi connectivity index (χ1n) is 9.06. The summed E-state index contributed by atoms with van der Waals surface area (Å²) in [5, 5.41) is 7.13. The van der Waals surface area contributed by atoms with Gasteiger partial charge in [-0.2, -0.15) is 0 Å². The van der Waals surface area contributed by atoms with E-state index in [9.17, 15) is 0 Å². The fraction of sp³-hybridized carbons (Fsp3) is 0.944. The lowest BCUT2D eigenvalue weighted by molar-refractivity contribution is 0.275. The van der Waals surface area contributed by atoms with Crippen molar-refractivity contribution in [1.29, 1.82) is 5.41 Å². The molecule has 0 radical (unpaired) electrons. The Morgan fingerprint density at radius 3 is 1.70 bits per heavy atom. The molecule has 0 aromatic heterocycles.